The monoisotopic (exact) mass is 336 g/mol. The predicted octanol–water partition coefficient (Wildman–Crippen LogP) is 4.35. The summed E-state index contributed by atoms with van der Waals surface area (Å²) in [6, 6.07) is 8.32. The number of hydrogen-bond donors (Lipinski definition) is 1. The van der Waals surface area contributed by atoms with Crippen molar-refractivity contribution < 1.29 is 0 Å². The van der Waals surface area contributed by atoms with Gasteiger partial charge < -0.3 is 5.32 Å². The minimum atomic E-state index is 0.641. The Labute approximate surface area is 126 Å². The van der Waals surface area contributed by atoms with E-state index in [4.69, 9.17) is 4.98 Å². The summed E-state index contributed by atoms with van der Waals surface area (Å²) in [5.74, 6) is 0.641. The lowest BCUT2D eigenvalue weighted by molar-refractivity contribution is 0.464. The molecule has 2 nitrogen and oxygen atoms in total. The van der Waals surface area contributed by atoms with E-state index in [0.29, 0.717) is 5.92 Å². The average molecular weight is 337 g/mol. The lowest BCUT2D eigenvalue weighted by Gasteiger charge is -2.21. The molecule has 0 spiro atoms. The molecule has 1 aromatic carbocycles. The fraction of sp³-hybridized carbons (Fsp3) is 0.400. The fourth-order valence-corrected chi connectivity index (χ4v) is 4.46. The van der Waals surface area contributed by atoms with Crippen molar-refractivity contribution in [3.05, 3.63) is 39.3 Å². The molecule has 1 atom stereocenters. The second-order valence-electron chi connectivity index (χ2n) is 4.99. The minimum Gasteiger partial charge on any atom is -0.316 e. The highest BCUT2D eigenvalue weighted by molar-refractivity contribution is 9.10. The summed E-state index contributed by atoms with van der Waals surface area (Å²) in [7, 11) is 0. The first-order valence-corrected chi connectivity index (χ1v) is 8.29. The summed E-state index contributed by atoms with van der Waals surface area (Å²) in [6.07, 6.45) is 2.55. The van der Waals surface area contributed by atoms with Crippen molar-refractivity contribution in [1.29, 1.82) is 0 Å². The molecule has 19 heavy (non-hydrogen) atoms. The van der Waals surface area contributed by atoms with Crippen LogP contribution in [0.5, 0.6) is 0 Å². The maximum atomic E-state index is 4.78. The maximum absolute atomic E-state index is 4.78. The van der Waals surface area contributed by atoms with Crippen molar-refractivity contribution in [2.24, 2.45) is 0 Å². The van der Waals surface area contributed by atoms with E-state index in [-0.39, 0.29) is 0 Å². The number of aryl methyl sites for hydroxylation is 1. The van der Waals surface area contributed by atoms with Gasteiger partial charge in [0.2, 0.25) is 0 Å². The van der Waals surface area contributed by atoms with Crippen LogP contribution >= 0.6 is 27.3 Å². The van der Waals surface area contributed by atoms with Gasteiger partial charge in [-0.05, 0) is 32.4 Å². The SMILES string of the molecule is Cc1nc(-c2ccccc2Br)sc1C1CCCNC1. The topological polar surface area (TPSA) is 24.9 Å². The second-order valence-corrected chi connectivity index (χ2v) is 6.88. The number of hydrogen-bond acceptors (Lipinski definition) is 3. The van der Waals surface area contributed by atoms with Crippen LogP contribution in [0, 0.1) is 6.92 Å². The smallest absolute Gasteiger partial charge is 0.125 e. The van der Waals surface area contributed by atoms with Crippen molar-refractivity contribution >= 4 is 27.3 Å². The van der Waals surface area contributed by atoms with E-state index in [2.05, 4.69) is 46.4 Å². The molecular weight excluding hydrogens is 320 g/mol. The number of aromatic nitrogens is 1. The molecule has 2 heterocycles. The van der Waals surface area contributed by atoms with Gasteiger partial charge >= 0.3 is 0 Å². The summed E-state index contributed by atoms with van der Waals surface area (Å²) < 4.78 is 1.12. The first-order valence-electron chi connectivity index (χ1n) is 6.68. The van der Waals surface area contributed by atoms with E-state index in [1.165, 1.54) is 29.0 Å². The maximum Gasteiger partial charge on any atom is 0.125 e. The normalized spacial score (nSPS) is 19.6. The zero-order valence-electron chi connectivity index (χ0n) is 10.9. The Morgan fingerprint density at radius 2 is 2.21 bits per heavy atom. The van der Waals surface area contributed by atoms with Gasteiger partial charge in [0, 0.05) is 27.4 Å². The summed E-state index contributed by atoms with van der Waals surface area (Å²) in [6.45, 7) is 4.39. The number of halogens is 1. The number of nitrogens with one attached hydrogen (secondary N) is 1. The highest BCUT2D eigenvalue weighted by Crippen LogP contribution is 2.37. The third-order valence-electron chi connectivity index (χ3n) is 3.60. The molecule has 0 saturated carbocycles. The van der Waals surface area contributed by atoms with E-state index < -0.39 is 0 Å². The van der Waals surface area contributed by atoms with Crippen LogP contribution in [0.3, 0.4) is 0 Å². The van der Waals surface area contributed by atoms with Crippen molar-refractivity contribution in [3.63, 3.8) is 0 Å². The van der Waals surface area contributed by atoms with E-state index in [1.54, 1.807) is 0 Å². The first-order chi connectivity index (χ1) is 9.25. The van der Waals surface area contributed by atoms with Crippen molar-refractivity contribution in [2.45, 2.75) is 25.7 Å². The molecule has 100 valence electrons. The lowest BCUT2D eigenvalue weighted by Crippen LogP contribution is -2.28. The molecule has 1 saturated heterocycles. The highest BCUT2D eigenvalue weighted by Gasteiger charge is 2.21. The van der Waals surface area contributed by atoms with E-state index in [0.717, 1.165) is 22.6 Å². The molecule has 0 radical (unpaired) electrons. The summed E-state index contributed by atoms with van der Waals surface area (Å²) >= 11 is 5.47. The number of thiazole rings is 1. The van der Waals surface area contributed by atoms with Crippen LogP contribution in [0.2, 0.25) is 0 Å². The summed E-state index contributed by atoms with van der Waals surface area (Å²) in [5.41, 5.74) is 2.40. The lowest BCUT2D eigenvalue weighted by atomic mass is 9.97. The zero-order chi connectivity index (χ0) is 13.2. The molecule has 4 heteroatoms. The number of benzene rings is 1. The van der Waals surface area contributed by atoms with Gasteiger partial charge in [-0.2, -0.15) is 0 Å². The molecule has 1 aliphatic heterocycles. The second kappa shape index (κ2) is 5.73. The molecule has 1 unspecified atom stereocenters. The number of nitrogens with zero attached hydrogens (tertiary/aromatic N) is 1. The van der Waals surface area contributed by atoms with Gasteiger partial charge in [0.05, 0.1) is 5.69 Å². The number of piperidine rings is 1. The zero-order valence-corrected chi connectivity index (χ0v) is 13.4. The standard InChI is InChI=1S/C15H17BrN2S/c1-10-14(11-5-4-8-17-9-11)19-15(18-10)12-6-2-3-7-13(12)16/h2-3,6-7,11,17H,4-5,8-9H2,1H3. The molecule has 0 aliphatic carbocycles. The van der Waals surface area contributed by atoms with Crippen LogP contribution in [0.15, 0.2) is 28.7 Å². The summed E-state index contributed by atoms with van der Waals surface area (Å²) in [4.78, 5) is 6.23. The Hall–Kier alpha value is -0.710. The molecule has 0 bridgehead atoms. The van der Waals surface area contributed by atoms with E-state index in [1.807, 2.05) is 17.4 Å². The fourth-order valence-electron chi connectivity index (χ4n) is 2.61. The van der Waals surface area contributed by atoms with Gasteiger partial charge in [0.15, 0.2) is 0 Å². The first kappa shape index (κ1) is 13.3. The third-order valence-corrected chi connectivity index (χ3v) is 5.65. The van der Waals surface area contributed by atoms with Gasteiger partial charge in [-0.15, -0.1) is 11.3 Å². The summed E-state index contributed by atoms with van der Waals surface area (Å²) in [5, 5.41) is 4.62. The largest absolute Gasteiger partial charge is 0.316 e. The van der Waals surface area contributed by atoms with E-state index >= 15 is 0 Å². The van der Waals surface area contributed by atoms with Crippen molar-refractivity contribution in [3.8, 4) is 10.6 Å². The van der Waals surface area contributed by atoms with Crippen LogP contribution in [-0.2, 0) is 0 Å². The quantitative estimate of drug-likeness (QED) is 0.881. The van der Waals surface area contributed by atoms with Gasteiger partial charge in [0.25, 0.3) is 0 Å². The molecule has 0 amide bonds. The van der Waals surface area contributed by atoms with Crippen LogP contribution in [0.25, 0.3) is 10.6 Å². The highest BCUT2D eigenvalue weighted by atomic mass is 79.9. The van der Waals surface area contributed by atoms with Gasteiger partial charge in [-0.25, -0.2) is 4.98 Å². The molecular formula is C15H17BrN2S. The molecule has 1 aliphatic rings. The van der Waals surface area contributed by atoms with Gasteiger partial charge in [-0.1, -0.05) is 34.1 Å². The Morgan fingerprint density at radius 1 is 1.37 bits per heavy atom. The Morgan fingerprint density at radius 3 is 2.95 bits per heavy atom. The Balaban J connectivity index is 1.95. The van der Waals surface area contributed by atoms with Crippen molar-refractivity contribution in [2.75, 3.05) is 13.1 Å². The van der Waals surface area contributed by atoms with E-state index in [9.17, 15) is 0 Å². The van der Waals surface area contributed by atoms with Crippen LogP contribution in [0.4, 0.5) is 0 Å². The molecule has 1 aromatic heterocycles. The molecule has 2 aromatic rings. The van der Waals surface area contributed by atoms with Crippen molar-refractivity contribution in [1.82, 2.24) is 10.3 Å². The van der Waals surface area contributed by atoms with Crippen LogP contribution in [0.1, 0.15) is 29.3 Å². The Kier molecular flexibility index (Phi) is 4.01. The number of rotatable bonds is 2. The molecule has 1 fully saturated rings. The van der Waals surface area contributed by atoms with Gasteiger partial charge in [0.1, 0.15) is 5.01 Å². The van der Waals surface area contributed by atoms with Crippen LogP contribution in [-0.4, -0.2) is 18.1 Å². The van der Waals surface area contributed by atoms with Crippen LogP contribution < -0.4 is 5.32 Å². The average Bonchev–Trinajstić information content (AvgIpc) is 2.82. The predicted molar refractivity (Wildman–Crippen MR) is 84.8 cm³/mol. The molecule has 3 rings (SSSR count). The third kappa shape index (κ3) is 2.76. The molecule has 1 N–H and O–H groups in total. The minimum absolute atomic E-state index is 0.641. The Bertz CT molecular complexity index is 573. The van der Waals surface area contributed by atoms with Gasteiger partial charge in [-0.3, -0.25) is 0 Å².